The zero-order valence-electron chi connectivity index (χ0n) is 7.47. The Labute approximate surface area is 81.1 Å². The highest BCUT2D eigenvalue weighted by Gasteiger charge is 2.10. The van der Waals surface area contributed by atoms with Crippen molar-refractivity contribution in [1.82, 2.24) is 4.98 Å². The second-order valence-corrected chi connectivity index (χ2v) is 3.14. The molecule has 0 amide bonds. The number of hydrogen-bond acceptors (Lipinski definition) is 3. The van der Waals surface area contributed by atoms with Crippen LogP contribution in [0.5, 0.6) is 5.75 Å². The third-order valence-corrected chi connectivity index (χ3v) is 2.29. The van der Waals surface area contributed by atoms with E-state index in [9.17, 15) is 0 Å². The van der Waals surface area contributed by atoms with Crippen molar-refractivity contribution in [3.8, 4) is 5.75 Å². The van der Waals surface area contributed by atoms with Crippen LogP contribution >= 0.6 is 0 Å². The van der Waals surface area contributed by atoms with Crippen LogP contribution < -0.4 is 4.74 Å². The highest BCUT2D eigenvalue weighted by molar-refractivity contribution is 6.00. The molecule has 0 spiro atoms. The Morgan fingerprint density at radius 2 is 2.21 bits per heavy atom. The lowest BCUT2D eigenvalue weighted by atomic mass is 10.1. The van der Waals surface area contributed by atoms with E-state index in [0.29, 0.717) is 6.73 Å². The van der Waals surface area contributed by atoms with Crippen LogP contribution in [0.1, 0.15) is 5.56 Å². The maximum absolute atomic E-state index is 5.39. The lowest BCUT2D eigenvalue weighted by Crippen LogP contribution is -2.04. The van der Waals surface area contributed by atoms with Crippen LogP contribution in [0.2, 0.25) is 0 Å². The number of fused-ring (bicyclic) bond motifs is 3. The summed E-state index contributed by atoms with van der Waals surface area (Å²) < 4.78 is 5.39. The topological polar surface area (TPSA) is 34.5 Å². The molecule has 2 heterocycles. The van der Waals surface area contributed by atoms with E-state index >= 15 is 0 Å². The largest absolute Gasteiger partial charge is 0.471 e. The molecule has 1 aromatic carbocycles. The van der Waals surface area contributed by atoms with Crippen molar-refractivity contribution >= 4 is 17.1 Å². The van der Waals surface area contributed by atoms with Crippen LogP contribution in [-0.2, 0) is 0 Å². The molecule has 0 unspecified atom stereocenters. The molecule has 14 heavy (non-hydrogen) atoms. The molecule has 0 saturated carbocycles. The van der Waals surface area contributed by atoms with Crippen LogP contribution in [-0.4, -0.2) is 17.9 Å². The average molecular weight is 184 g/mol. The Hall–Kier alpha value is -1.90. The molecule has 1 aliphatic rings. The summed E-state index contributed by atoms with van der Waals surface area (Å²) in [5.41, 5.74) is 1.93. The van der Waals surface area contributed by atoms with Gasteiger partial charge in [-0.1, -0.05) is 6.07 Å². The predicted octanol–water partition coefficient (Wildman–Crippen LogP) is 2.00. The van der Waals surface area contributed by atoms with Gasteiger partial charge in [-0.2, -0.15) is 0 Å². The summed E-state index contributed by atoms with van der Waals surface area (Å²) >= 11 is 0. The molecule has 3 rings (SSSR count). The first-order chi connectivity index (χ1) is 6.95. The number of rotatable bonds is 0. The fourth-order valence-electron chi connectivity index (χ4n) is 1.64. The number of pyridine rings is 1. The quantitative estimate of drug-likeness (QED) is 0.627. The van der Waals surface area contributed by atoms with Crippen LogP contribution in [0.15, 0.2) is 35.5 Å². The molecule has 3 heteroatoms. The molecule has 3 nitrogen and oxygen atoms in total. The second-order valence-electron chi connectivity index (χ2n) is 3.14. The third-order valence-electron chi connectivity index (χ3n) is 2.29. The van der Waals surface area contributed by atoms with E-state index in [0.717, 1.165) is 22.2 Å². The summed E-state index contributed by atoms with van der Waals surface area (Å²) in [6.45, 7) is 0.408. The lowest BCUT2D eigenvalue weighted by molar-refractivity contribution is 0.327. The van der Waals surface area contributed by atoms with Gasteiger partial charge in [0, 0.05) is 17.8 Å². The fraction of sp³-hybridized carbons (Fsp3) is 0.0909. The summed E-state index contributed by atoms with van der Waals surface area (Å²) in [5.74, 6) is 0.867. The number of benzene rings is 1. The number of aromatic nitrogens is 1. The zero-order valence-corrected chi connectivity index (χ0v) is 7.47. The summed E-state index contributed by atoms with van der Waals surface area (Å²) in [6.07, 6.45) is 3.61. The van der Waals surface area contributed by atoms with Gasteiger partial charge in [0.05, 0.1) is 11.1 Å². The third kappa shape index (κ3) is 0.988. The molecule has 1 aromatic heterocycles. The van der Waals surface area contributed by atoms with E-state index < -0.39 is 0 Å². The van der Waals surface area contributed by atoms with Crippen LogP contribution in [0, 0.1) is 0 Å². The monoisotopic (exact) mass is 184 g/mol. The van der Waals surface area contributed by atoms with Gasteiger partial charge in [0.2, 0.25) is 0 Å². The van der Waals surface area contributed by atoms with Gasteiger partial charge in [0.25, 0.3) is 0 Å². The highest BCUT2D eigenvalue weighted by Crippen LogP contribution is 2.26. The van der Waals surface area contributed by atoms with E-state index in [1.807, 2.05) is 30.5 Å². The van der Waals surface area contributed by atoms with Gasteiger partial charge in [0.15, 0.2) is 6.73 Å². The van der Waals surface area contributed by atoms with Gasteiger partial charge >= 0.3 is 0 Å². The van der Waals surface area contributed by atoms with Crippen molar-refractivity contribution in [2.75, 3.05) is 6.73 Å². The summed E-state index contributed by atoms with van der Waals surface area (Å²) in [5, 5.41) is 1.11. The smallest absolute Gasteiger partial charge is 0.179 e. The van der Waals surface area contributed by atoms with E-state index in [-0.39, 0.29) is 0 Å². The molecule has 2 aromatic rings. The van der Waals surface area contributed by atoms with Crippen LogP contribution in [0.3, 0.4) is 0 Å². The minimum atomic E-state index is 0.408. The maximum Gasteiger partial charge on any atom is 0.179 e. The standard InChI is InChI=1S/C11H8N2O/c1-2-8-3-4-10-9(6-12-7-14-10)11(8)13-5-1/h1-6H,7H2. The Bertz CT molecular complexity index is 520. The second kappa shape index (κ2) is 2.80. The predicted molar refractivity (Wildman–Crippen MR) is 54.8 cm³/mol. The van der Waals surface area contributed by atoms with Crippen molar-refractivity contribution < 1.29 is 4.74 Å². The molecular weight excluding hydrogens is 176 g/mol. The molecule has 0 bridgehead atoms. The lowest BCUT2D eigenvalue weighted by Gasteiger charge is -2.12. The van der Waals surface area contributed by atoms with E-state index in [4.69, 9.17) is 4.74 Å². The van der Waals surface area contributed by atoms with Crippen molar-refractivity contribution in [3.63, 3.8) is 0 Å². The molecule has 1 aliphatic heterocycles. The normalized spacial score (nSPS) is 13.7. The SMILES string of the molecule is C1=NCOc2ccc3cccnc3c21. The van der Waals surface area contributed by atoms with Crippen molar-refractivity contribution in [2.45, 2.75) is 0 Å². The molecular formula is C11H8N2O. The van der Waals surface area contributed by atoms with Gasteiger partial charge in [0.1, 0.15) is 5.75 Å². The molecule has 0 radical (unpaired) electrons. The number of aliphatic imine (C=N–C) groups is 1. The van der Waals surface area contributed by atoms with Crippen LogP contribution in [0.25, 0.3) is 10.9 Å². The molecule has 68 valence electrons. The van der Waals surface area contributed by atoms with Gasteiger partial charge in [-0.25, -0.2) is 0 Å². The maximum atomic E-state index is 5.39. The van der Waals surface area contributed by atoms with Crippen molar-refractivity contribution in [1.29, 1.82) is 0 Å². The van der Waals surface area contributed by atoms with Gasteiger partial charge in [-0.3, -0.25) is 9.98 Å². The summed E-state index contributed by atoms with van der Waals surface area (Å²) in [6, 6.07) is 7.94. The van der Waals surface area contributed by atoms with Crippen molar-refractivity contribution in [3.05, 3.63) is 36.0 Å². The number of hydrogen-bond donors (Lipinski definition) is 0. The first-order valence-corrected chi connectivity index (χ1v) is 4.45. The average Bonchev–Trinajstić information content (AvgIpc) is 2.29. The fourth-order valence-corrected chi connectivity index (χ4v) is 1.64. The van der Waals surface area contributed by atoms with Gasteiger partial charge in [-0.15, -0.1) is 0 Å². The zero-order chi connectivity index (χ0) is 9.38. The number of nitrogens with zero attached hydrogens (tertiary/aromatic N) is 2. The first kappa shape index (κ1) is 7.50. The van der Waals surface area contributed by atoms with E-state index in [1.54, 1.807) is 6.20 Å². The van der Waals surface area contributed by atoms with Crippen LogP contribution in [0.4, 0.5) is 0 Å². The Morgan fingerprint density at radius 3 is 3.21 bits per heavy atom. The van der Waals surface area contributed by atoms with E-state index in [1.165, 1.54) is 0 Å². The van der Waals surface area contributed by atoms with Crippen molar-refractivity contribution in [2.24, 2.45) is 4.99 Å². The minimum Gasteiger partial charge on any atom is -0.471 e. The summed E-state index contributed by atoms with van der Waals surface area (Å²) in [7, 11) is 0. The van der Waals surface area contributed by atoms with Gasteiger partial charge < -0.3 is 4.74 Å². The van der Waals surface area contributed by atoms with Gasteiger partial charge in [-0.05, 0) is 18.2 Å². The highest BCUT2D eigenvalue weighted by atomic mass is 16.5. The molecule has 0 saturated heterocycles. The number of ether oxygens (including phenoxy) is 1. The Morgan fingerprint density at radius 1 is 1.21 bits per heavy atom. The molecule has 0 fully saturated rings. The Balaban J connectivity index is 2.42. The molecule has 0 aliphatic carbocycles. The summed E-state index contributed by atoms with van der Waals surface area (Å²) in [4.78, 5) is 8.40. The minimum absolute atomic E-state index is 0.408. The van der Waals surface area contributed by atoms with E-state index in [2.05, 4.69) is 9.98 Å². The Kier molecular flexibility index (Phi) is 1.50. The first-order valence-electron chi connectivity index (χ1n) is 4.45. The molecule has 0 N–H and O–H groups in total. The molecule has 0 atom stereocenters.